The van der Waals surface area contributed by atoms with Crippen molar-refractivity contribution in [2.24, 2.45) is 5.41 Å². The Morgan fingerprint density at radius 3 is 1.83 bits per heavy atom. The van der Waals surface area contributed by atoms with E-state index in [9.17, 15) is 35.9 Å². The molecule has 0 radical (unpaired) electrons. The predicted molar refractivity (Wildman–Crippen MR) is 66.3 cm³/mol. The first-order chi connectivity index (χ1) is 10.2. The van der Waals surface area contributed by atoms with Gasteiger partial charge in [-0.3, -0.25) is 4.79 Å². The lowest BCUT2D eigenvalue weighted by Crippen LogP contribution is -2.46. The van der Waals surface area contributed by atoms with Crippen LogP contribution in [0, 0.1) is 5.41 Å². The van der Waals surface area contributed by atoms with E-state index in [1.54, 1.807) is 0 Å². The molecule has 4 nitrogen and oxygen atoms in total. The van der Waals surface area contributed by atoms with Gasteiger partial charge in [0.05, 0.1) is 0 Å². The van der Waals surface area contributed by atoms with E-state index in [1.807, 2.05) is 20.8 Å². The standard InChI is InChI=1S/C13H18F6O4/c1-4-11(2,3)6-5-8(20)22-7-9(21)23-10(12(14,15)16)13(17,18)19/h10H,4-7H2,1-3H3. The number of carbonyl (C=O) groups is 2. The molecule has 0 aromatic heterocycles. The summed E-state index contributed by atoms with van der Waals surface area (Å²) in [6.45, 7) is 4.31. The first-order valence-electron chi connectivity index (χ1n) is 6.67. The number of hydrogen-bond acceptors (Lipinski definition) is 4. The molecule has 0 aromatic rings. The van der Waals surface area contributed by atoms with Crippen LogP contribution in [0.5, 0.6) is 0 Å². The number of hydrogen-bond donors (Lipinski definition) is 0. The molecule has 0 aliphatic rings. The Kier molecular flexibility index (Phi) is 7.36. The molecule has 0 spiro atoms. The summed E-state index contributed by atoms with van der Waals surface area (Å²) >= 11 is 0. The van der Waals surface area contributed by atoms with Gasteiger partial charge in [-0.05, 0) is 11.8 Å². The molecule has 0 N–H and O–H groups in total. The Morgan fingerprint density at radius 1 is 0.957 bits per heavy atom. The zero-order valence-electron chi connectivity index (χ0n) is 12.8. The molecule has 136 valence electrons. The molecule has 0 aromatic carbocycles. The van der Waals surface area contributed by atoms with Crippen molar-refractivity contribution < 1.29 is 45.4 Å². The summed E-state index contributed by atoms with van der Waals surface area (Å²) in [5, 5.41) is 0. The molecule has 23 heavy (non-hydrogen) atoms. The van der Waals surface area contributed by atoms with Crippen molar-refractivity contribution in [2.45, 2.75) is 58.5 Å². The highest BCUT2D eigenvalue weighted by atomic mass is 19.4. The van der Waals surface area contributed by atoms with Gasteiger partial charge in [0, 0.05) is 6.42 Å². The van der Waals surface area contributed by atoms with Gasteiger partial charge in [-0.25, -0.2) is 4.79 Å². The minimum absolute atomic E-state index is 0.115. The lowest BCUT2D eigenvalue weighted by atomic mass is 9.85. The normalized spacial score (nSPS) is 13.1. The van der Waals surface area contributed by atoms with Gasteiger partial charge >= 0.3 is 24.3 Å². The lowest BCUT2D eigenvalue weighted by molar-refractivity contribution is -0.313. The second kappa shape index (κ2) is 7.87. The molecule has 10 heteroatoms. The average molecular weight is 352 g/mol. The first-order valence-corrected chi connectivity index (χ1v) is 6.67. The minimum Gasteiger partial charge on any atom is -0.454 e. The second-order valence-electron chi connectivity index (χ2n) is 5.63. The molecular formula is C13H18F6O4. The average Bonchev–Trinajstić information content (AvgIpc) is 2.37. The van der Waals surface area contributed by atoms with E-state index < -0.39 is 37.0 Å². The van der Waals surface area contributed by atoms with E-state index in [4.69, 9.17) is 0 Å². The van der Waals surface area contributed by atoms with Gasteiger partial charge in [-0.15, -0.1) is 0 Å². The molecule has 0 bridgehead atoms. The number of halogens is 6. The Bertz CT molecular complexity index is 400. The van der Waals surface area contributed by atoms with Gasteiger partial charge in [-0.1, -0.05) is 27.2 Å². The van der Waals surface area contributed by atoms with Crippen LogP contribution in [0.4, 0.5) is 26.3 Å². The van der Waals surface area contributed by atoms with Crippen molar-refractivity contribution in [1.82, 2.24) is 0 Å². The molecule has 0 unspecified atom stereocenters. The van der Waals surface area contributed by atoms with Crippen LogP contribution in [0.15, 0.2) is 0 Å². The Labute approximate surface area is 129 Å². The van der Waals surface area contributed by atoms with Gasteiger partial charge in [0.25, 0.3) is 6.10 Å². The minimum atomic E-state index is -5.80. The molecule has 0 rings (SSSR count). The van der Waals surface area contributed by atoms with Crippen LogP contribution in [0.2, 0.25) is 0 Å². The fourth-order valence-corrected chi connectivity index (χ4v) is 1.31. The zero-order valence-corrected chi connectivity index (χ0v) is 12.8. The summed E-state index contributed by atoms with van der Waals surface area (Å²) in [6.07, 6.45) is -14.8. The van der Waals surface area contributed by atoms with Crippen molar-refractivity contribution in [3.05, 3.63) is 0 Å². The van der Waals surface area contributed by atoms with Crippen LogP contribution in [0.25, 0.3) is 0 Å². The Hall–Kier alpha value is -1.48. The topological polar surface area (TPSA) is 52.6 Å². The summed E-state index contributed by atoms with van der Waals surface area (Å²) in [7, 11) is 0. The van der Waals surface area contributed by atoms with Crippen molar-refractivity contribution in [3.63, 3.8) is 0 Å². The largest absolute Gasteiger partial charge is 0.454 e. The Balaban J connectivity index is 4.42. The molecular weight excluding hydrogens is 334 g/mol. The number of carbonyl (C=O) groups excluding carboxylic acids is 2. The monoisotopic (exact) mass is 352 g/mol. The third-order valence-electron chi connectivity index (χ3n) is 3.16. The molecule has 0 aliphatic heterocycles. The highest BCUT2D eigenvalue weighted by Gasteiger charge is 2.59. The number of esters is 2. The predicted octanol–water partition coefficient (Wildman–Crippen LogP) is 3.78. The van der Waals surface area contributed by atoms with Gasteiger partial charge in [0.15, 0.2) is 6.61 Å². The van der Waals surface area contributed by atoms with Crippen LogP contribution in [0.3, 0.4) is 0 Å². The summed E-state index contributed by atoms with van der Waals surface area (Å²) in [4.78, 5) is 22.3. The van der Waals surface area contributed by atoms with Crippen molar-refractivity contribution >= 4 is 11.9 Å². The van der Waals surface area contributed by atoms with Crippen LogP contribution < -0.4 is 0 Å². The van der Waals surface area contributed by atoms with Gasteiger partial charge < -0.3 is 9.47 Å². The van der Waals surface area contributed by atoms with E-state index in [0.717, 1.165) is 6.42 Å². The quantitative estimate of drug-likeness (QED) is 0.517. The number of rotatable bonds is 7. The fraction of sp³-hybridized carbons (Fsp3) is 0.846. The SMILES string of the molecule is CCC(C)(C)CCC(=O)OCC(=O)OC(C(F)(F)F)C(F)(F)F. The number of ether oxygens (including phenoxy) is 2. The summed E-state index contributed by atoms with van der Waals surface area (Å²) in [5.41, 5.74) is -0.183. The smallest absolute Gasteiger partial charge is 0.434 e. The van der Waals surface area contributed by atoms with E-state index in [1.165, 1.54) is 0 Å². The molecule has 0 amide bonds. The van der Waals surface area contributed by atoms with Gasteiger partial charge in [0.2, 0.25) is 0 Å². The molecule has 0 heterocycles. The summed E-state index contributed by atoms with van der Waals surface area (Å²) in [6, 6.07) is 0. The Morgan fingerprint density at radius 2 is 1.43 bits per heavy atom. The second-order valence-corrected chi connectivity index (χ2v) is 5.63. The highest BCUT2D eigenvalue weighted by Crippen LogP contribution is 2.35. The maximum atomic E-state index is 12.2. The maximum absolute atomic E-state index is 12.2. The van der Waals surface area contributed by atoms with Crippen molar-refractivity contribution in [2.75, 3.05) is 6.61 Å². The zero-order chi connectivity index (χ0) is 18.5. The van der Waals surface area contributed by atoms with Crippen molar-refractivity contribution in [3.8, 4) is 0 Å². The highest BCUT2D eigenvalue weighted by molar-refractivity contribution is 5.76. The van der Waals surface area contributed by atoms with E-state index in [-0.39, 0.29) is 11.8 Å². The molecule has 0 saturated heterocycles. The third kappa shape index (κ3) is 8.65. The van der Waals surface area contributed by atoms with E-state index >= 15 is 0 Å². The van der Waals surface area contributed by atoms with Crippen molar-refractivity contribution in [1.29, 1.82) is 0 Å². The van der Waals surface area contributed by atoms with E-state index in [2.05, 4.69) is 9.47 Å². The van der Waals surface area contributed by atoms with Crippen LogP contribution in [-0.2, 0) is 19.1 Å². The van der Waals surface area contributed by atoms with Crippen LogP contribution in [0.1, 0.15) is 40.0 Å². The van der Waals surface area contributed by atoms with Crippen LogP contribution >= 0.6 is 0 Å². The molecule has 0 atom stereocenters. The summed E-state index contributed by atoms with van der Waals surface area (Å²) in [5.74, 6) is -2.83. The third-order valence-corrected chi connectivity index (χ3v) is 3.16. The van der Waals surface area contributed by atoms with E-state index in [0.29, 0.717) is 6.42 Å². The summed E-state index contributed by atoms with van der Waals surface area (Å²) < 4.78 is 80.6. The first kappa shape index (κ1) is 21.5. The fourth-order valence-electron chi connectivity index (χ4n) is 1.31. The molecule has 0 fully saturated rings. The van der Waals surface area contributed by atoms with Gasteiger partial charge in [0.1, 0.15) is 0 Å². The van der Waals surface area contributed by atoms with Gasteiger partial charge in [-0.2, -0.15) is 26.3 Å². The van der Waals surface area contributed by atoms with Crippen LogP contribution in [-0.4, -0.2) is 37.0 Å². The number of alkyl halides is 6. The maximum Gasteiger partial charge on any atom is 0.434 e. The lowest BCUT2D eigenvalue weighted by Gasteiger charge is -2.23. The molecule has 0 saturated carbocycles. The molecule has 0 aliphatic carbocycles.